The van der Waals surface area contributed by atoms with Crippen LogP contribution in [0.5, 0.6) is 0 Å². The Morgan fingerprint density at radius 1 is 1.47 bits per heavy atom. The second-order valence-corrected chi connectivity index (χ2v) is 8.41. The summed E-state index contributed by atoms with van der Waals surface area (Å²) in [6, 6.07) is 1.98. The first-order valence-electron chi connectivity index (χ1n) is 5.78. The SMILES string of the molecule is CC(C)C(N)CCN(C)C(=O)c1cc(Br)sc1Br.Cl. The van der Waals surface area contributed by atoms with Gasteiger partial charge >= 0.3 is 0 Å². The first-order valence-corrected chi connectivity index (χ1v) is 8.19. The van der Waals surface area contributed by atoms with Gasteiger partial charge in [-0.15, -0.1) is 23.7 Å². The fourth-order valence-corrected chi connectivity index (χ4v) is 4.25. The van der Waals surface area contributed by atoms with Crippen LogP contribution in [0.15, 0.2) is 13.6 Å². The number of carbonyl (C=O) groups is 1. The predicted molar refractivity (Wildman–Crippen MR) is 91.4 cm³/mol. The van der Waals surface area contributed by atoms with E-state index >= 15 is 0 Å². The van der Waals surface area contributed by atoms with Crippen LogP contribution in [0, 0.1) is 5.92 Å². The van der Waals surface area contributed by atoms with Crippen molar-refractivity contribution in [3.63, 3.8) is 0 Å². The monoisotopic (exact) mass is 432 g/mol. The molecule has 0 aliphatic carbocycles. The van der Waals surface area contributed by atoms with Crippen molar-refractivity contribution in [2.75, 3.05) is 13.6 Å². The van der Waals surface area contributed by atoms with Crippen molar-refractivity contribution in [3.05, 3.63) is 19.2 Å². The lowest BCUT2D eigenvalue weighted by atomic mass is 10.0. The summed E-state index contributed by atoms with van der Waals surface area (Å²) in [5.74, 6) is 0.468. The van der Waals surface area contributed by atoms with E-state index < -0.39 is 0 Å². The summed E-state index contributed by atoms with van der Waals surface area (Å²) >= 11 is 8.29. The molecule has 7 heteroatoms. The summed E-state index contributed by atoms with van der Waals surface area (Å²) in [6.07, 6.45) is 0.822. The molecule has 19 heavy (non-hydrogen) atoms. The molecular weight excluding hydrogens is 415 g/mol. The van der Waals surface area contributed by atoms with E-state index in [4.69, 9.17) is 5.73 Å². The Hall–Kier alpha value is 0.380. The first-order chi connectivity index (χ1) is 8.32. The molecular formula is C12H19Br2ClN2OS. The lowest BCUT2D eigenvalue weighted by Gasteiger charge is -2.21. The van der Waals surface area contributed by atoms with Crippen LogP contribution in [0.4, 0.5) is 0 Å². The average molecular weight is 435 g/mol. The third-order valence-corrected chi connectivity index (χ3v) is 5.23. The Morgan fingerprint density at radius 3 is 2.47 bits per heavy atom. The molecule has 1 heterocycles. The number of hydrogen-bond donors (Lipinski definition) is 1. The maximum absolute atomic E-state index is 12.2. The zero-order valence-corrected chi connectivity index (χ0v) is 16.0. The number of halogens is 3. The van der Waals surface area contributed by atoms with Crippen molar-refractivity contribution < 1.29 is 4.79 Å². The number of rotatable bonds is 5. The molecule has 1 atom stereocenters. The van der Waals surface area contributed by atoms with Gasteiger partial charge in [-0.05, 0) is 50.3 Å². The summed E-state index contributed by atoms with van der Waals surface area (Å²) < 4.78 is 1.81. The van der Waals surface area contributed by atoms with Gasteiger partial charge in [-0.25, -0.2) is 0 Å². The topological polar surface area (TPSA) is 46.3 Å². The highest BCUT2D eigenvalue weighted by Crippen LogP contribution is 2.32. The van der Waals surface area contributed by atoms with Crippen molar-refractivity contribution >= 4 is 61.5 Å². The first kappa shape index (κ1) is 19.4. The van der Waals surface area contributed by atoms with Crippen LogP contribution < -0.4 is 5.73 Å². The van der Waals surface area contributed by atoms with E-state index in [1.807, 2.05) is 13.1 Å². The number of thiophene rings is 1. The van der Waals surface area contributed by atoms with Crippen LogP contribution in [0.1, 0.15) is 30.6 Å². The highest BCUT2D eigenvalue weighted by molar-refractivity contribution is 9.12. The molecule has 0 aromatic carbocycles. The van der Waals surface area contributed by atoms with Crippen LogP contribution in [0.3, 0.4) is 0 Å². The van der Waals surface area contributed by atoms with E-state index in [0.29, 0.717) is 18.0 Å². The number of nitrogens with two attached hydrogens (primary N) is 1. The minimum Gasteiger partial charge on any atom is -0.342 e. The standard InChI is InChI=1S/C12H18Br2N2OS.ClH/c1-7(2)9(15)4-5-16(3)12(17)8-6-10(13)18-11(8)14;/h6-7,9H,4-5,15H2,1-3H3;1H. The van der Waals surface area contributed by atoms with Crippen molar-refractivity contribution in [2.45, 2.75) is 26.3 Å². The van der Waals surface area contributed by atoms with Crippen molar-refractivity contribution in [2.24, 2.45) is 11.7 Å². The van der Waals surface area contributed by atoms with Gasteiger partial charge in [0.25, 0.3) is 5.91 Å². The largest absolute Gasteiger partial charge is 0.342 e. The Bertz CT molecular complexity index is 426. The molecule has 0 saturated carbocycles. The van der Waals surface area contributed by atoms with E-state index in [1.165, 1.54) is 11.3 Å². The summed E-state index contributed by atoms with van der Waals surface area (Å²) in [4.78, 5) is 13.9. The van der Waals surface area contributed by atoms with Gasteiger partial charge in [-0.2, -0.15) is 0 Å². The van der Waals surface area contributed by atoms with Crippen LogP contribution in [-0.2, 0) is 0 Å². The molecule has 1 aromatic rings. The Labute approximate surface area is 141 Å². The Kier molecular flexibility index (Phi) is 8.79. The quantitative estimate of drug-likeness (QED) is 0.757. The number of nitrogens with zero attached hydrogens (tertiary/aromatic N) is 1. The highest BCUT2D eigenvalue weighted by Gasteiger charge is 2.18. The average Bonchev–Trinajstić information content (AvgIpc) is 2.63. The smallest absolute Gasteiger partial charge is 0.255 e. The summed E-state index contributed by atoms with van der Waals surface area (Å²) in [5, 5.41) is 0. The van der Waals surface area contributed by atoms with Gasteiger partial charge in [0, 0.05) is 19.6 Å². The van der Waals surface area contributed by atoms with Gasteiger partial charge in [0.15, 0.2) is 0 Å². The summed E-state index contributed by atoms with van der Waals surface area (Å²) in [5.41, 5.74) is 6.69. The molecule has 110 valence electrons. The molecule has 0 aliphatic rings. The molecule has 0 fully saturated rings. The molecule has 0 bridgehead atoms. The highest BCUT2D eigenvalue weighted by atomic mass is 79.9. The van der Waals surface area contributed by atoms with Gasteiger partial charge in [0.2, 0.25) is 0 Å². The maximum atomic E-state index is 12.2. The van der Waals surface area contributed by atoms with E-state index in [0.717, 1.165) is 14.0 Å². The molecule has 1 rings (SSSR count). The predicted octanol–water partition coefficient (Wildman–Crippen LogP) is 4.14. The minimum atomic E-state index is 0. The number of carbonyl (C=O) groups excluding carboxylic acids is 1. The van der Waals surface area contributed by atoms with E-state index in [-0.39, 0.29) is 24.4 Å². The van der Waals surface area contributed by atoms with E-state index in [9.17, 15) is 4.79 Å². The third-order valence-electron chi connectivity index (χ3n) is 2.89. The normalized spacial score (nSPS) is 12.2. The molecule has 0 radical (unpaired) electrons. The zero-order chi connectivity index (χ0) is 13.9. The Morgan fingerprint density at radius 2 is 2.05 bits per heavy atom. The maximum Gasteiger partial charge on any atom is 0.255 e. The van der Waals surface area contributed by atoms with Crippen LogP contribution in [-0.4, -0.2) is 30.4 Å². The van der Waals surface area contributed by atoms with Gasteiger partial charge in [-0.3, -0.25) is 4.79 Å². The van der Waals surface area contributed by atoms with Crippen molar-refractivity contribution in [1.29, 1.82) is 0 Å². The Balaban J connectivity index is 0.00000324. The summed E-state index contributed by atoms with van der Waals surface area (Å²) in [6.45, 7) is 4.87. The zero-order valence-electron chi connectivity index (χ0n) is 11.2. The third kappa shape index (κ3) is 5.71. The van der Waals surface area contributed by atoms with Gasteiger partial charge < -0.3 is 10.6 Å². The van der Waals surface area contributed by atoms with Crippen LogP contribution >= 0.6 is 55.6 Å². The molecule has 1 unspecified atom stereocenters. The molecule has 1 amide bonds. The molecule has 0 spiro atoms. The van der Waals surface area contributed by atoms with E-state index in [2.05, 4.69) is 45.7 Å². The fourth-order valence-electron chi connectivity index (χ4n) is 1.47. The number of hydrogen-bond acceptors (Lipinski definition) is 3. The summed E-state index contributed by atoms with van der Waals surface area (Å²) in [7, 11) is 1.81. The van der Waals surface area contributed by atoms with Crippen LogP contribution in [0.25, 0.3) is 0 Å². The fraction of sp³-hybridized carbons (Fsp3) is 0.583. The van der Waals surface area contributed by atoms with Gasteiger partial charge in [0.05, 0.1) is 13.1 Å². The van der Waals surface area contributed by atoms with Gasteiger partial charge in [0.1, 0.15) is 0 Å². The molecule has 1 aromatic heterocycles. The lowest BCUT2D eigenvalue weighted by molar-refractivity contribution is 0.0789. The second kappa shape index (κ2) is 8.62. The molecule has 3 nitrogen and oxygen atoms in total. The second-order valence-electron chi connectivity index (χ2n) is 4.66. The van der Waals surface area contributed by atoms with Crippen molar-refractivity contribution in [3.8, 4) is 0 Å². The molecule has 2 N–H and O–H groups in total. The molecule has 0 saturated heterocycles. The van der Waals surface area contributed by atoms with Crippen molar-refractivity contribution in [1.82, 2.24) is 4.90 Å². The molecule has 0 aliphatic heterocycles. The number of amides is 1. The van der Waals surface area contributed by atoms with Crippen LogP contribution in [0.2, 0.25) is 0 Å². The van der Waals surface area contributed by atoms with Gasteiger partial charge in [-0.1, -0.05) is 13.8 Å². The lowest BCUT2D eigenvalue weighted by Crippen LogP contribution is -2.34. The van der Waals surface area contributed by atoms with E-state index in [1.54, 1.807) is 4.90 Å². The minimum absolute atomic E-state index is 0.